The van der Waals surface area contributed by atoms with Crippen LogP contribution in [0, 0.1) is 0 Å². The van der Waals surface area contributed by atoms with Crippen LogP contribution in [0.15, 0.2) is 22.8 Å². The van der Waals surface area contributed by atoms with E-state index >= 15 is 0 Å². The van der Waals surface area contributed by atoms with Crippen molar-refractivity contribution in [3.05, 3.63) is 28.4 Å². The van der Waals surface area contributed by atoms with E-state index in [1.807, 2.05) is 17.8 Å². The number of rotatable bonds is 3. The minimum atomic E-state index is 0.866. The first kappa shape index (κ1) is 10.6. The van der Waals surface area contributed by atoms with Gasteiger partial charge in [-0.05, 0) is 41.5 Å². The normalized spacial score (nSPS) is 11.1. The van der Waals surface area contributed by atoms with E-state index in [0.717, 1.165) is 23.2 Å². The highest BCUT2D eigenvalue weighted by Crippen LogP contribution is 2.27. The molecule has 4 heteroatoms. The van der Waals surface area contributed by atoms with Crippen LogP contribution in [0.3, 0.4) is 0 Å². The van der Waals surface area contributed by atoms with Crippen LogP contribution in [-0.4, -0.2) is 16.8 Å². The molecule has 0 amide bonds. The van der Waals surface area contributed by atoms with Crippen molar-refractivity contribution in [3.63, 3.8) is 0 Å². The zero-order chi connectivity index (χ0) is 10.8. The Morgan fingerprint density at radius 3 is 2.93 bits per heavy atom. The lowest BCUT2D eigenvalue weighted by atomic mass is 10.1. The Labute approximate surface area is 97.6 Å². The second kappa shape index (κ2) is 4.33. The zero-order valence-corrected chi connectivity index (χ0v) is 10.5. The molecule has 0 saturated carbocycles. The summed E-state index contributed by atoms with van der Waals surface area (Å²) >= 11 is 3.61. The van der Waals surface area contributed by atoms with E-state index in [1.165, 1.54) is 10.9 Å². The molecule has 0 unspecified atom stereocenters. The van der Waals surface area contributed by atoms with Crippen LogP contribution in [0.25, 0.3) is 10.9 Å². The molecule has 2 aromatic rings. The van der Waals surface area contributed by atoms with E-state index in [-0.39, 0.29) is 0 Å². The first-order chi connectivity index (χ1) is 7.27. The lowest BCUT2D eigenvalue weighted by Gasteiger charge is -2.02. The number of fused-ring (bicyclic) bond motifs is 1. The molecule has 0 aliphatic heterocycles. The van der Waals surface area contributed by atoms with Gasteiger partial charge in [0.25, 0.3) is 0 Å². The predicted molar refractivity (Wildman–Crippen MR) is 65.9 cm³/mol. The average Bonchev–Trinajstić information content (AvgIpc) is 2.57. The summed E-state index contributed by atoms with van der Waals surface area (Å²) in [6, 6.07) is 6.23. The topological polar surface area (TPSA) is 29.9 Å². The highest BCUT2D eigenvalue weighted by Gasteiger charge is 2.10. The summed E-state index contributed by atoms with van der Waals surface area (Å²) in [4.78, 5) is 0. The Morgan fingerprint density at radius 2 is 2.27 bits per heavy atom. The second-order valence-corrected chi connectivity index (χ2v) is 4.20. The fourth-order valence-corrected chi connectivity index (χ4v) is 2.55. The van der Waals surface area contributed by atoms with E-state index < -0.39 is 0 Å². The molecular weight excluding hydrogens is 254 g/mol. The maximum atomic E-state index is 4.52. The molecule has 0 spiro atoms. The monoisotopic (exact) mass is 267 g/mol. The van der Waals surface area contributed by atoms with Gasteiger partial charge in [0.2, 0.25) is 0 Å². The van der Waals surface area contributed by atoms with E-state index in [0.29, 0.717) is 0 Å². The highest BCUT2D eigenvalue weighted by molar-refractivity contribution is 9.10. The van der Waals surface area contributed by atoms with Gasteiger partial charge in [-0.15, -0.1) is 0 Å². The standard InChI is InChI=1S/C11H14BrN3/c1-3-15-11(12)10-8(7-13-2)5-4-6-9(10)14-15/h4-6,13H,3,7H2,1-2H3. The first-order valence-corrected chi connectivity index (χ1v) is 5.85. The third-order valence-electron chi connectivity index (χ3n) is 2.46. The predicted octanol–water partition coefficient (Wildman–Crippen LogP) is 2.54. The number of nitrogens with one attached hydrogen (secondary N) is 1. The number of hydrogen-bond acceptors (Lipinski definition) is 2. The molecule has 0 radical (unpaired) electrons. The molecule has 0 saturated heterocycles. The molecule has 2 rings (SSSR count). The molecule has 0 aliphatic rings. The lowest BCUT2D eigenvalue weighted by Crippen LogP contribution is -2.05. The van der Waals surface area contributed by atoms with Gasteiger partial charge in [-0.2, -0.15) is 5.10 Å². The van der Waals surface area contributed by atoms with Gasteiger partial charge in [0.15, 0.2) is 0 Å². The fraction of sp³-hybridized carbons (Fsp3) is 0.364. The van der Waals surface area contributed by atoms with Crippen molar-refractivity contribution in [2.45, 2.75) is 20.0 Å². The minimum absolute atomic E-state index is 0.866. The maximum Gasteiger partial charge on any atom is 0.112 e. The van der Waals surface area contributed by atoms with Gasteiger partial charge in [-0.3, -0.25) is 4.68 Å². The van der Waals surface area contributed by atoms with Crippen molar-refractivity contribution < 1.29 is 0 Å². The number of halogens is 1. The van der Waals surface area contributed by atoms with Crippen LogP contribution in [-0.2, 0) is 13.1 Å². The number of hydrogen-bond donors (Lipinski definition) is 1. The van der Waals surface area contributed by atoms with E-state index in [9.17, 15) is 0 Å². The SMILES string of the molecule is CCn1nc2cccc(CNC)c2c1Br. The van der Waals surface area contributed by atoms with Crippen LogP contribution in [0.2, 0.25) is 0 Å². The van der Waals surface area contributed by atoms with E-state index in [1.54, 1.807) is 0 Å². The number of nitrogens with zero attached hydrogens (tertiary/aromatic N) is 2. The van der Waals surface area contributed by atoms with E-state index in [2.05, 4.69) is 45.4 Å². The van der Waals surface area contributed by atoms with Crippen LogP contribution < -0.4 is 5.32 Å². The van der Waals surface area contributed by atoms with Crippen molar-refractivity contribution in [1.29, 1.82) is 0 Å². The number of aromatic nitrogens is 2. The minimum Gasteiger partial charge on any atom is -0.316 e. The third-order valence-corrected chi connectivity index (χ3v) is 3.26. The molecule has 1 N–H and O–H groups in total. The van der Waals surface area contributed by atoms with Crippen molar-refractivity contribution >= 4 is 26.8 Å². The Balaban J connectivity index is 2.67. The molecule has 0 fully saturated rings. The largest absolute Gasteiger partial charge is 0.316 e. The summed E-state index contributed by atoms with van der Waals surface area (Å²) in [7, 11) is 1.96. The summed E-state index contributed by atoms with van der Waals surface area (Å²) in [5.41, 5.74) is 2.33. The van der Waals surface area contributed by atoms with Crippen LogP contribution in [0.1, 0.15) is 12.5 Å². The zero-order valence-electron chi connectivity index (χ0n) is 8.92. The quantitative estimate of drug-likeness (QED) is 0.927. The summed E-state index contributed by atoms with van der Waals surface area (Å²) in [5, 5.41) is 8.90. The van der Waals surface area contributed by atoms with Crippen molar-refractivity contribution in [3.8, 4) is 0 Å². The molecule has 0 atom stereocenters. The average molecular weight is 268 g/mol. The van der Waals surface area contributed by atoms with Gasteiger partial charge in [0.05, 0.1) is 5.52 Å². The maximum absolute atomic E-state index is 4.52. The van der Waals surface area contributed by atoms with Gasteiger partial charge in [-0.1, -0.05) is 12.1 Å². The summed E-state index contributed by atoms with van der Waals surface area (Å²) in [6.07, 6.45) is 0. The second-order valence-electron chi connectivity index (χ2n) is 3.45. The molecule has 80 valence electrons. The van der Waals surface area contributed by atoms with Gasteiger partial charge < -0.3 is 5.32 Å². The third kappa shape index (κ3) is 1.79. The Kier molecular flexibility index (Phi) is 3.07. The first-order valence-electron chi connectivity index (χ1n) is 5.06. The Hall–Kier alpha value is -0.870. The van der Waals surface area contributed by atoms with Crippen molar-refractivity contribution in [2.75, 3.05) is 7.05 Å². The van der Waals surface area contributed by atoms with Crippen LogP contribution in [0.5, 0.6) is 0 Å². The van der Waals surface area contributed by atoms with E-state index in [4.69, 9.17) is 0 Å². The molecule has 15 heavy (non-hydrogen) atoms. The van der Waals surface area contributed by atoms with Gasteiger partial charge in [-0.25, -0.2) is 0 Å². The van der Waals surface area contributed by atoms with Crippen LogP contribution in [0.4, 0.5) is 0 Å². The van der Waals surface area contributed by atoms with Crippen LogP contribution >= 0.6 is 15.9 Å². The molecule has 3 nitrogen and oxygen atoms in total. The highest BCUT2D eigenvalue weighted by atomic mass is 79.9. The summed E-state index contributed by atoms with van der Waals surface area (Å²) in [5.74, 6) is 0. The number of aryl methyl sites for hydroxylation is 1. The van der Waals surface area contributed by atoms with Crippen molar-refractivity contribution in [1.82, 2.24) is 15.1 Å². The Morgan fingerprint density at radius 1 is 1.47 bits per heavy atom. The van der Waals surface area contributed by atoms with Crippen molar-refractivity contribution in [2.24, 2.45) is 0 Å². The summed E-state index contributed by atoms with van der Waals surface area (Å²) < 4.78 is 3.05. The van der Waals surface area contributed by atoms with Gasteiger partial charge in [0, 0.05) is 18.5 Å². The molecule has 1 aromatic carbocycles. The molecular formula is C11H14BrN3. The lowest BCUT2D eigenvalue weighted by molar-refractivity contribution is 0.653. The number of benzene rings is 1. The Bertz CT molecular complexity index is 476. The molecule has 1 heterocycles. The van der Waals surface area contributed by atoms with Gasteiger partial charge in [0.1, 0.15) is 4.60 Å². The summed E-state index contributed by atoms with van der Waals surface area (Å²) in [6.45, 7) is 3.84. The fourth-order valence-electron chi connectivity index (χ4n) is 1.76. The van der Waals surface area contributed by atoms with Gasteiger partial charge >= 0.3 is 0 Å². The molecule has 0 aliphatic carbocycles. The molecule has 0 bridgehead atoms. The molecule has 1 aromatic heterocycles. The smallest absolute Gasteiger partial charge is 0.112 e.